The summed E-state index contributed by atoms with van der Waals surface area (Å²) in [5, 5.41) is 21.1. The summed E-state index contributed by atoms with van der Waals surface area (Å²) in [6.45, 7) is 5.28. The van der Waals surface area contributed by atoms with Gasteiger partial charge < -0.3 is 15.5 Å². The summed E-state index contributed by atoms with van der Waals surface area (Å²) < 4.78 is 0. The predicted octanol–water partition coefficient (Wildman–Crippen LogP) is 2.00. The van der Waals surface area contributed by atoms with Crippen LogP contribution in [0.2, 0.25) is 0 Å². The third-order valence-corrected chi connectivity index (χ3v) is 3.84. The minimum atomic E-state index is -0.938. The van der Waals surface area contributed by atoms with Crippen LogP contribution in [0, 0.1) is 24.2 Å². The summed E-state index contributed by atoms with van der Waals surface area (Å²) in [7, 11) is 0. The Morgan fingerprint density at radius 3 is 2.37 bits per heavy atom. The molecule has 2 rings (SSSR count). The Balaban J connectivity index is 2.10. The maximum atomic E-state index is 12.1. The number of rotatable bonds is 3. The summed E-state index contributed by atoms with van der Waals surface area (Å²) in [6.07, 6.45) is 0. The quantitative estimate of drug-likeness (QED) is 0.728. The molecular weight excluding hydrogens is 246 g/mol. The molecule has 0 saturated heterocycles. The number of hydrogen-bond donors (Lipinski definition) is 3. The van der Waals surface area contributed by atoms with Crippen molar-refractivity contribution in [2.24, 2.45) is 17.3 Å². The molecule has 0 radical (unpaired) electrons. The molecule has 0 spiro atoms. The van der Waals surface area contributed by atoms with Crippen LogP contribution < -0.4 is 5.32 Å². The number of carboxylic acids is 1. The first-order chi connectivity index (χ1) is 8.75. The fourth-order valence-corrected chi connectivity index (χ4v) is 2.54. The lowest BCUT2D eigenvalue weighted by atomic mass is 10.1. The van der Waals surface area contributed by atoms with Crippen molar-refractivity contribution < 1.29 is 19.8 Å². The van der Waals surface area contributed by atoms with Crippen LogP contribution in [0.15, 0.2) is 18.2 Å². The van der Waals surface area contributed by atoms with Crippen molar-refractivity contribution in [3.8, 4) is 5.75 Å². The van der Waals surface area contributed by atoms with E-state index in [1.807, 2.05) is 0 Å². The van der Waals surface area contributed by atoms with E-state index in [1.165, 1.54) is 6.07 Å². The van der Waals surface area contributed by atoms with Crippen molar-refractivity contribution in [2.75, 3.05) is 5.32 Å². The summed E-state index contributed by atoms with van der Waals surface area (Å²) in [5.74, 6) is -2.22. The van der Waals surface area contributed by atoms with Gasteiger partial charge >= 0.3 is 5.97 Å². The van der Waals surface area contributed by atoms with Crippen LogP contribution in [-0.4, -0.2) is 22.1 Å². The molecule has 1 saturated carbocycles. The lowest BCUT2D eigenvalue weighted by Gasteiger charge is -2.07. The number of phenolic OH excluding ortho intramolecular Hbond substituents is 1. The Hall–Kier alpha value is -2.04. The molecule has 1 fully saturated rings. The zero-order chi connectivity index (χ0) is 14.4. The Bertz CT molecular complexity index is 550. The molecule has 1 aliphatic rings. The van der Waals surface area contributed by atoms with E-state index in [1.54, 1.807) is 32.9 Å². The van der Waals surface area contributed by atoms with Gasteiger partial charge in [-0.2, -0.15) is 0 Å². The van der Waals surface area contributed by atoms with Gasteiger partial charge in [0.1, 0.15) is 5.75 Å². The van der Waals surface area contributed by atoms with E-state index in [2.05, 4.69) is 5.32 Å². The van der Waals surface area contributed by atoms with Crippen molar-refractivity contribution in [3.63, 3.8) is 0 Å². The molecule has 0 heterocycles. The highest BCUT2D eigenvalue weighted by atomic mass is 16.4. The van der Waals surface area contributed by atoms with Crippen LogP contribution in [0.4, 0.5) is 5.69 Å². The van der Waals surface area contributed by atoms with Crippen molar-refractivity contribution in [1.29, 1.82) is 0 Å². The number of aromatic hydroxyl groups is 1. The molecule has 5 heteroatoms. The molecule has 5 nitrogen and oxygen atoms in total. The average molecular weight is 263 g/mol. The molecule has 0 bridgehead atoms. The van der Waals surface area contributed by atoms with Gasteiger partial charge in [0.25, 0.3) is 0 Å². The minimum absolute atomic E-state index is 0.160. The number of aryl methyl sites for hydroxylation is 1. The van der Waals surface area contributed by atoms with Gasteiger partial charge in [-0.25, -0.2) is 0 Å². The van der Waals surface area contributed by atoms with Crippen LogP contribution in [0.3, 0.4) is 0 Å². The van der Waals surface area contributed by atoms with Crippen molar-refractivity contribution >= 4 is 17.6 Å². The Morgan fingerprint density at radius 1 is 1.26 bits per heavy atom. The molecule has 102 valence electrons. The zero-order valence-corrected chi connectivity index (χ0v) is 11.1. The molecule has 1 aromatic carbocycles. The van der Waals surface area contributed by atoms with E-state index in [9.17, 15) is 14.7 Å². The van der Waals surface area contributed by atoms with Gasteiger partial charge in [-0.3, -0.25) is 9.59 Å². The van der Waals surface area contributed by atoms with E-state index < -0.39 is 23.2 Å². The zero-order valence-electron chi connectivity index (χ0n) is 11.1. The summed E-state index contributed by atoms with van der Waals surface area (Å²) >= 11 is 0. The Morgan fingerprint density at radius 2 is 1.89 bits per heavy atom. The SMILES string of the molecule is Cc1cc(NC(=O)[C@H]2[C@@H](C(=O)O)C2(C)C)ccc1O. The van der Waals surface area contributed by atoms with Gasteiger partial charge in [0.05, 0.1) is 11.8 Å². The average Bonchev–Trinajstić information content (AvgIpc) is 2.87. The minimum Gasteiger partial charge on any atom is -0.508 e. The highest BCUT2D eigenvalue weighted by Crippen LogP contribution is 2.58. The van der Waals surface area contributed by atoms with Crippen LogP contribution in [0.5, 0.6) is 5.75 Å². The van der Waals surface area contributed by atoms with Gasteiger partial charge in [0, 0.05) is 5.69 Å². The monoisotopic (exact) mass is 263 g/mol. The van der Waals surface area contributed by atoms with Crippen LogP contribution in [0.1, 0.15) is 19.4 Å². The van der Waals surface area contributed by atoms with Crippen molar-refractivity contribution in [1.82, 2.24) is 0 Å². The second-order valence-electron chi connectivity index (χ2n) is 5.61. The first-order valence-electron chi connectivity index (χ1n) is 6.08. The standard InChI is InChI=1S/C14H17NO4/c1-7-6-8(4-5-9(7)16)15-12(17)10-11(13(18)19)14(10,2)3/h4-6,10-11,16H,1-3H3,(H,15,17)(H,18,19)/t10-,11+/m1/s1. The second-order valence-corrected chi connectivity index (χ2v) is 5.61. The largest absolute Gasteiger partial charge is 0.508 e. The van der Waals surface area contributed by atoms with Gasteiger partial charge in [0.2, 0.25) is 5.91 Å². The second kappa shape index (κ2) is 4.26. The maximum Gasteiger partial charge on any atom is 0.307 e. The molecule has 1 aromatic rings. The fraction of sp³-hybridized carbons (Fsp3) is 0.429. The third kappa shape index (κ3) is 2.28. The number of phenols is 1. The van der Waals surface area contributed by atoms with Crippen LogP contribution >= 0.6 is 0 Å². The molecular formula is C14H17NO4. The molecule has 1 amide bonds. The molecule has 0 unspecified atom stereocenters. The highest BCUT2D eigenvalue weighted by molar-refractivity contribution is 5.99. The van der Waals surface area contributed by atoms with E-state index in [4.69, 9.17) is 5.11 Å². The van der Waals surface area contributed by atoms with E-state index in [0.29, 0.717) is 11.3 Å². The number of benzene rings is 1. The molecule has 3 N–H and O–H groups in total. The molecule has 0 aromatic heterocycles. The van der Waals surface area contributed by atoms with Crippen LogP contribution in [0.25, 0.3) is 0 Å². The number of anilines is 1. The van der Waals surface area contributed by atoms with E-state index >= 15 is 0 Å². The highest BCUT2D eigenvalue weighted by Gasteiger charge is 2.65. The fourth-order valence-electron chi connectivity index (χ4n) is 2.54. The number of hydrogen-bond acceptors (Lipinski definition) is 3. The topological polar surface area (TPSA) is 86.6 Å². The van der Waals surface area contributed by atoms with Crippen LogP contribution in [-0.2, 0) is 9.59 Å². The van der Waals surface area contributed by atoms with Crippen molar-refractivity contribution in [2.45, 2.75) is 20.8 Å². The predicted molar refractivity (Wildman–Crippen MR) is 69.9 cm³/mol. The van der Waals surface area contributed by atoms with Gasteiger partial charge in [-0.05, 0) is 36.1 Å². The number of aliphatic carboxylic acids is 1. The third-order valence-electron chi connectivity index (χ3n) is 3.84. The first kappa shape index (κ1) is 13.4. The lowest BCUT2D eigenvalue weighted by Crippen LogP contribution is -2.17. The molecule has 19 heavy (non-hydrogen) atoms. The molecule has 0 aliphatic heterocycles. The Labute approximate surface area is 111 Å². The number of carbonyl (C=O) groups excluding carboxylic acids is 1. The van der Waals surface area contributed by atoms with Gasteiger partial charge in [0.15, 0.2) is 0 Å². The lowest BCUT2D eigenvalue weighted by molar-refractivity contribution is -0.140. The summed E-state index contributed by atoms with van der Waals surface area (Å²) in [5.41, 5.74) is 0.705. The Kier molecular flexibility index (Phi) is 3.00. The van der Waals surface area contributed by atoms with Gasteiger partial charge in [-0.15, -0.1) is 0 Å². The number of nitrogens with one attached hydrogen (secondary N) is 1. The first-order valence-corrected chi connectivity index (χ1v) is 6.08. The number of carboxylic acid groups (broad SMARTS) is 1. The molecule has 2 atom stereocenters. The van der Waals surface area contributed by atoms with E-state index in [0.717, 1.165) is 0 Å². The van der Waals surface area contributed by atoms with Crippen molar-refractivity contribution in [3.05, 3.63) is 23.8 Å². The summed E-state index contributed by atoms with van der Waals surface area (Å²) in [4.78, 5) is 23.1. The number of carbonyl (C=O) groups is 2. The van der Waals surface area contributed by atoms with Gasteiger partial charge in [-0.1, -0.05) is 13.8 Å². The smallest absolute Gasteiger partial charge is 0.307 e. The maximum absolute atomic E-state index is 12.1. The number of amides is 1. The summed E-state index contributed by atoms with van der Waals surface area (Å²) in [6, 6.07) is 4.74. The van der Waals surface area contributed by atoms with E-state index in [-0.39, 0.29) is 11.7 Å². The normalized spacial score (nSPS) is 23.7. The molecule has 1 aliphatic carbocycles.